The summed E-state index contributed by atoms with van der Waals surface area (Å²) in [4.78, 5) is 14.8. The number of rotatable bonds is 6. The molecule has 0 saturated heterocycles. The van der Waals surface area contributed by atoms with Crippen LogP contribution in [0.15, 0.2) is 12.2 Å². The van der Waals surface area contributed by atoms with Gasteiger partial charge in [-0.25, -0.2) is 0 Å². The summed E-state index contributed by atoms with van der Waals surface area (Å²) in [6.45, 7) is 10.00. The van der Waals surface area contributed by atoms with Crippen LogP contribution in [-0.4, -0.2) is 56.5 Å². The van der Waals surface area contributed by atoms with Gasteiger partial charge in [-0.15, -0.1) is 0 Å². The SMILES string of the molecule is C=C(CN(C)CCN(C)C)C(N)=O.CC.[HH]. The van der Waals surface area contributed by atoms with Gasteiger partial charge in [0.25, 0.3) is 0 Å². The number of amides is 1. The van der Waals surface area contributed by atoms with Crippen molar-refractivity contribution in [3.63, 3.8) is 0 Å². The molecule has 4 nitrogen and oxygen atoms in total. The molecule has 0 atom stereocenters. The molecule has 0 aromatic heterocycles. The molecule has 0 aromatic rings. The molecule has 0 spiro atoms. The highest BCUT2D eigenvalue weighted by molar-refractivity contribution is 5.91. The predicted octanol–water partition coefficient (Wildman–Crippen LogP) is 0.794. The molecule has 15 heavy (non-hydrogen) atoms. The van der Waals surface area contributed by atoms with Crippen LogP contribution in [0, 0.1) is 0 Å². The number of nitrogens with two attached hydrogens (primary N) is 1. The second-order valence-electron chi connectivity index (χ2n) is 3.51. The van der Waals surface area contributed by atoms with Crippen LogP contribution in [0.4, 0.5) is 0 Å². The van der Waals surface area contributed by atoms with Crippen molar-refractivity contribution >= 4 is 5.91 Å². The van der Waals surface area contributed by atoms with E-state index in [1.165, 1.54) is 0 Å². The van der Waals surface area contributed by atoms with Crippen molar-refractivity contribution in [1.82, 2.24) is 9.80 Å². The Morgan fingerprint density at radius 2 is 1.73 bits per heavy atom. The van der Waals surface area contributed by atoms with Crippen LogP contribution in [0.3, 0.4) is 0 Å². The summed E-state index contributed by atoms with van der Waals surface area (Å²) in [7, 11) is 5.96. The lowest BCUT2D eigenvalue weighted by atomic mass is 10.3. The topological polar surface area (TPSA) is 49.6 Å². The van der Waals surface area contributed by atoms with Gasteiger partial charge in [-0.1, -0.05) is 20.4 Å². The Balaban J connectivity index is -0.000000529. The minimum atomic E-state index is -0.420. The number of nitrogens with zero attached hydrogens (tertiary/aromatic N) is 2. The van der Waals surface area contributed by atoms with E-state index < -0.39 is 5.91 Å². The number of primary amides is 1. The molecule has 0 aliphatic heterocycles. The van der Waals surface area contributed by atoms with Crippen LogP contribution < -0.4 is 5.73 Å². The van der Waals surface area contributed by atoms with E-state index in [0.717, 1.165) is 13.1 Å². The summed E-state index contributed by atoms with van der Waals surface area (Å²) < 4.78 is 0. The van der Waals surface area contributed by atoms with Crippen molar-refractivity contribution in [2.75, 3.05) is 40.8 Å². The zero-order chi connectivity index (χ0) is 12.4. The highest BCUT2D eigenvalue weighted by Gasteiger charge is 2.05. The zero-order valence-electron chi connectivity index (χ0n) is 10.7. The first-order valence-corrected chi connectivity index (χ1v) is 5.24. The van der Waals surface area contributed by atoms with Crippen molar-refractivity contribution in [2.45, 2.75) is 13.8 Å². The standard InChI is InChI=1S/C9H19N3O.C2H6.H2/c1-8(9(10)13)7-12(4)6-5-11(2)3;1-2;/h1,5-7H2,2-4H3,(H2,10,13);1-2H3;1H. The van der Waals surface area contributed by atoms with Crippen LogP contribution in [0.2, 0.25) is 0 Å². The second kappa shape index (κ2) is 9.68. The lowest BCUT2D eigenvalue weighted by Crippen LogP contribution is -2.32. The quantitative estimate of drug-likeness (QED) is 0.669. The molecular formula is C11H27N3O. The highest BCUT2D eigenvalue weighted by Crippen LogP contribution is 1.93. The van der Waals surface area contributed by atoms with E-state index in [1.807, 2.05) is 39.9 Å². The van der Waals surface area contributed by atoms with Gasteiger partial charge in [-0.05, 0) is 21.1 Å². The summed E-state index contributed by atoms with van der Waals surface area (Å²) in [6.07, 6.45) is 0. The molecule has 0 aliphatic rings. The molecule has 92 valence electrons. The van der Waals surface area contributed by atoms with Gasteiger partial charge in [0.1, 0.15) is 0 Å². The van der Waals surface area contributed by atoms with Crippen LogP contribution in [-0.2, 0) is 4.79 Å². The Morgan fingerprint density at radius 3 is 2.07 bits per heavy atom. The smallest absolute Gasteiger partial charge is 0.245 e. The summed E-state index contributed by atoms with van der Waals surface area (Å²) in [5.41, 5.74) is 5.52. The van der Waals surface area contributed by atoms with Crippen molar-refractivity contribution in [3.05, 3.63) is 12.2 Å². The zero-order valence-corrected chi connectivity index (χ0v) is 10.7. The number of hydrogen-bond acceptors (Lipinski definition) is 3. The van der Waals surface area contributed by atoms with Gasteiger partial charge >= 0.3 is 0 Å². The average Bonchev–Trinajstić information content (AvgIpc) is 2.17. The summed E-state index contributed by atoms with van der Waals surface area (Å²) >= 11 is 0. The van der Waals surface area contributed by atoms with E-state index in [0.29, 0.717) is 12.1 Å². The molecule has 0 rings (SSSR count). The van der Waals surface area contributed by atoms with Gasteiger partial charge in [0.15, 0.2) is 0 Å². The molecule has 1 amide bonds. The maximum absolute atomic E-state index is 10.7. The van der Waals surface area contributed by atoms with E-state index in [4.69, 9.17) is 5.73 Å². The third kappa shape index (κ3) is 11.1. The molecular weight excluding hydrogens is 190 g/mol. The molecule has 0 aliphatic carbocycles. The van der Waals surface area contributed by atoms with Gasteiger partial charge in [-0.2, -0.15) is 0 Å². The molecule has 0 radical (unpaired) electrons. The molecule has 0 unspecified atom stereocenters. The number of hydrogen-bond donors (Lipinski definition) is 1. The van der Waals surface area contributed by atoms with Gasteiger partial charge in [-0.3, -0.25) is 4.79 Å². The van der Waals surface area contributed by atoms with Crippen LogP contribution in [0.1, 0.15) is 15.3 Å². The Bertz CT molecular complexity index is 196. The first kappa shape index (κ1) is 16.6. The van der Waals surface area contributed by atoms with Gasteiger partial charge < -0.3 is 15.5 Å². The third-order valence-electron chi connectivity index (χ3n) is 1.74. The van der Waals surface area contributed by atoms with Gasteiger partial charge in [0, 0.05) is 26.6 Å². The fourth-order valence-corrected chi connectivity index (χ4v) is 0.854. The van der Waals surface area contributed by atoms with E-state index >= 15 is 0 Å². The van der Waals surface area contributed by atoms with Crippen molar-refractivity contribution in [1.29, 1.82) is 0 Å². The maximum Gasteiger partial charge on any atom is 0.245 e. The molecule has 2 N–H and O–H groups in total. The first-order valence-electron chi connectivity index (χ1n) is 5.24. The number of likely N-dealkylation sites (N-methyl/N-ethyl adjacent to an activating group) is 2. The Morgan fingerprint density at radius 1 is 1.27 bits per heavy atom. The summed E-state index contributed by atoms with van der Waals surface area (Å²) in [5.74, 6) is -0.420. The minimum absolute atomic E-state index is 0. The second-order valence-corrected chi connectivity index (χ2v) is 3.51. The van der Waals surface area contributed by atoms with E-state index in [-0.39, 0.29) is 1.43 Å². The molecule has 4 heteroatoms. The van der Waals surface area contributed by atoms with E-state index in [2.05, 4.69) is 11.5 Å². The Kier molecular flexibility index (Phi) is 10.7. The van der Waals surface area contributed by atoms with Crippen molar-refractivity contribution < 1.29 is 6.22 Å². The summed E-state index contributed by atoms with van der Waals surface area (Å²) in [6, 6.07) is 0. The third-order valence-corrected chi connectivity index (χ3v) is 1.74. The Hall–Kier alpha value is -0.870. The monoisotopic (exact) mass is 217 g/mol. The molecule has 0 heterocycles. The largest absolute Gasteiger partial charge is 0.366 e. The van der Waals surface area contributed by atoms with Crippen molar-refractivity contribution in [3.8, 4) is 0 Å². The average molecular weight is 217 g/mol. The highest BCUT2D eigenvalue weighted by atomic mass is 16.1. The lowest BCUT2D eigenvalue weighted by molar-refractivity contribution is -0.114. The van der Waals surface area contributed by atoms with E-state index in [1.54, 1.807) is 0 Å². The lowest BCUT2D eigenvalue weighted by Gasteiger charge is -2.19. The number of carbonyl (C=O) groups excluding carboxylic acids is 1. The van der Waals surface area contributed by atoms with Crippen LogP contribution in [0.5, 0.6) is 0 Å². The summed E-state index contributed by atoms with van der Waals surface area (Å²) in [5, 5.41) is 0. The van der Waals surface area contributed by atoms with E-state index in [9.17, 15) is 4.79 Å². The van der Waals surface area contributed by atoms with Crippen molar-refractivity contribution in [2.24, 2.45) is 5.73 Å². The molecule has 0 bridgehead atoms. The fraction of sp³-hybridized carbons (Fsp3) is 0.727. The van der Waals surface area contributed by atoms with Crippen LogP contribution >= 0.6 is 0 Å². The number of carbonyl (C=O) groups is 1. The van der Waals surface area contributed by atoms with Gasteiger partial charge in [0.05, 0.1) is 0 Å². The fourth-order valence-electron chi connectivity index (χ4n) is 0.854. The normalized spacial score (nSPS) is 9.80. The molecule has 0 saturated carbocycles. The van der Waals surface area contributed by atoms with Crippen LogP contribution in [0.25, 0.3) is 0 Å². The maximum atomic E-state index is 10.7. The molecule has 0 aromatic carbocycles. The van der Waals surface area contributed by atoms with Gasteiger partial charge in [0.2, 0.25) is 5.91 Å². The predicted molar refractivity (Wildman–Crippen MR) is 67.8 cm³/mol. The first-order chi connectivity index (χ1) is 6.93. The minimum Gasteiger partial charge on any atom is -0.366 e. The Labute approximate surface area is 95.2 Å². The molecule has 0 fully saturated rings.